The number of carbonyl (C=O) groups is 1. The average Bonchev–Trinajstić information content (AvgIpc) is 3.44. The lowest BCUT2D eigenvalue weighted by atomic mass is 9.99. The molecule has 4 aromatic heterocycles. The highest BCUT2D eigenvalue weighted by atomic mass is 19.1. The maximum atomic E-state index is 15.9. The first-order chi connectivity index (χ1) is 24.2. The van der Waals surface area contributed by atoms with E-state index in [4.69, 9.17) is 10.7 Å². The SMILES string of the molecule is Cc1nc2ccc(-c3ccnc(N)c3)nc2n1-c1cc(F)c(N2CC(C)N(CC#Cc3ccc(N4CCC(C=O)CC4)nc3)C(C)C2)c(F)c1. The number of anilines is 3. The number of aryl methyl sites for hydroxylation is 1. The van der Waals surface area contributed by atoms with E-state index < -0.39 is 11.6 Å². The molecule has 7 rings (SSSR count). The summed E-state index contributed by atoms with van der Waals surface area (Å²) in [6, 6.07) is 13.9. The van der Waals surface area contributed by atoms with Crippen LogP contribution in [0.5, 0.6) is 0 Å². The number of piperazine rings is 1. The fourth-order valence-corrected chi connectivity index (χ4v) is 7.13. The summed E-state index contributed by atoms with van der Waals surface area (Å²) in [5.41, 5.74) is 9.50. The number of benzene rings is 1. The van der Waals surface area contributed by atoms with Crippen molar-refractivity contribution in [3.8, 4) is 28.8 Å². The molecule has 0 radical (unpaired) electrons. The first-order valence-corrected chi connectivity index (χ1v) is 16.9. The fourth-order valence-electron chi connectivity index (χ4n) is 7.13. The summed E-state index contributed by atoms with van der Waals surface area (Å²) in [7, 11) is 0. The molecule has 2 saturated heterocycles. The van der Waals surface area contributed by atoms with Gasteiger partial charge in [-0.1, -0.05) is 11.8 Å². The van der Waals surface area contributed by atoms with Crippen molar-refractivity contribution in [1.82, 2.24) is 29.4 Å². The number of aldehydes is 1. The molecule has 256 valence electrons. The van der Waals surface area contributed by atoms with Crippen LogP contribution in [0.1, 0.15) is 38.1 Å². The Balaban J connectivity index is 1.04. The molecule has 50 heavy (non-hydrogen) atoms. The third kappa shape index (κ3) is 6.61. The molecule has 0 aliphatic carbocycles. The van der Waals surface area contributed by atoms with Crippen LogP contribution < -0.4 is 15.5 Å². The predicted octanol–water partition coefficient (Wildman–Crippen LogP) is 5.41. The van der Waals surface area contributed by atoms with Gasteiger partial charge in [-0.05, 0) is 70.0 Å². The third-order valence-corrected chi connectivity index (χ3v) is 9.72. The molecule has 0 bridgehead atoms. The molecular formula is C38H39F2N9O. The zero-order valence-corrected chi connectivity index (χ0v) is 28.4. The second kappa shape index (κ2) is 13.8. The largest absolute Gasteiger partial charge is 0.384 e. The summed E-state index contributed by atoms with van der Waals surface area (Å²) in [5.74, 6) is 7.18. The number of piperidine rings is 1. The van der Waals surface area contributed by atoms with Crippen molar-refractivity contribution in [2.45, 2.75) is 45.7 Å². The van der Waals surface area contributed by atoms with Gasteiger partial charge in [0, 0.05) is 79.8 Å². The number of nitrogens with two attached hydrogens (primary N) is 1. The lowest BCUT2D eigenvalue weighted by molar-refractivity contribution is -0.111. The minimum Gasteiger partial charge on any atom is -0.384 e. The van der Waals surface area contributed by atoms with Crippen molar-refractivity contribution in [2.75, 3.05) is 48.3 Å². The number of aromatic nitrogens is 5. The summed E-state index contributed by atoms with van der Waals surface area (Å²) in [6.07, 6.45) is 6.16. The maximum Gasteiger partial charge on any atom is 0.165 e. The van der Waals surface area contributed by atoms with Gasteiger partial charge in [-0.15, -0.1) is 0 Å². The van der Waals surface area contributed by atoms with Crippen LogP contribution in [-0.4, -0.2) is 80.5 Å². The Bertz CT molecular complexity index is 2060. The van der Waals surface area contributed by atoms with Gasteiger partial charge in [-0.25, -0.2) is 28.7 Å². The van der Waals surface area contributed by atoms with Crippen LogP contribution in [0.4, 0.5) is 26.1 Å². The Labute approximate surface area is 290 Å². The van der Waals surface area contributed by atoms with Gasteiger partial charge in [0.05, 0.1) is 17.9 Å². The normalized spacial score (nSPS) is 18.7. The van der Waals surface area contributed by atoms with E-state index in [0.717, 1.165) is 49.2 Å². The molecule has 0 saturated carbocycles. The van der Waals surface area contributed by atoms with Gasteiger partial charge in [0.2, 0.25) is 0 Å². The molecule has 2 atom stereocenters. The summed E-state index contributed by atoms with van der Waals surface area (Å²) in [4.78, 5) is 35.3. The first-order valence-electron chi connectivity index (χ1n) is 16.9. The number of rotatable bonds is 6. The topological polar surface area (TPSA) is 109 Å². The molecule has 0 spiro atoms. The molecule has 2 N–H and O–H groups in total. The molecule has 10 nitrogen and oxygen atoms in total. The Kier molecular flexibility index (Phi) is 9.16. The van der Waals surface area contributed by atoms with E-state index in [9.17, 15) is 4.79 Å². The first kappa shape index (κ1) is 33.1. The van der Waals surface area contributed by atoms with Gasteiger partial charge in [0.25, 0.3) is 0 Å². The van der Waals surface area contributed by atoms with Crippen LogP contribution in [0.15, 0.2) is 60.9 Å². The summed E-state index contributed by atoms with van der Waals surface area (Å²) < 4.78 is 33.5. The molecule has 2 unspecified atom stereocenters. The highest BCUT2D eigenvalue weighted by Crippen LogP contribution is 2.32. The van der Waals surface area contributed by atoms with E-state index in [0.29, 0.717) is 53.8 Å². The summed E-state index contributed by atoms with van der Waals surface area (Å²) >= 11 is 0. The number of pyridine rings is 3. The maximum absolute atomic E-state index is 15.9. The third-order valence-electron chi connectivity index (χ3n) is 9.72. The summed E-state index contributed by atoms with van der Waals surface area (Å²) in [5, 5.41) is 0. The standard InChI is InChI=1S/C38H39F2N9O/c1-24-21-47(22-25(2)48(24)14-4-5-27-6-9-36(43-20-27)46-15-11-28(23-50)12-16-46)37-31(39)18-30(19-32(37)40)49-26(3)44-34-8-7-33(45-38(34)49)29-10-13-42-35(41)17-29/h6-10,13,17-20,23-25,28H,11-12,14-16,21-22H2,1-3H3,(H2,41,42). The lowest BCUT2D eigenvalue weighted by Gasteiger charge is -2.44. The number of imidazole rings is 1. The number of halogens is 2. The van der Waals surface area contributed by atoms with Gasteiger partial charge in [0.1, 0.15) is 35.0 Å². The van der Waals surface area contributed by atoms with E-state index in [2.05, 4.69) is 50.4 Å². The Morgan fingerprint density at radius 3 is 2.34 bits per heavy atom. The van der Waals surface area contributed by atoms with E-state index in [1.807, 2.05) is 24.3 Å². The van der Waals surface area contributed by atoms with E-state index in [1.54, 1.807) is 40.9 Å². The lowest BCUT2D eigenvalue weighted by Crippen LogP contribution is -2.57. The average molecular weight is 676 g/mol. The molecule has 2 aliphatic heterocycles. The fraction of sp³-hybridized carbons (Fsp3) is 0.342. The van der Waals surface area contributed by atoms with E-state index >= 15 is 8.78 Å². The minimum atomic E-state index is -0.643. The quantitative estimate of drug-likeness (QED) is 0.187. The van der Waals surface area contributed by atoms with Gasteiger partial charge < -0.3 is 20.3 Å². The van der Waals surface area contributed by atoms with Crippen molar-refractivity contribution in [1.29, 1.82) is 0 Å². The zero-order valence-electron chi connectivity index (χ0n) is 28.4. The van der Waals surface area contributed by atoms with Gasteiger partial charge in [0.15, 0.2) is 17.3 Å². The van der Waals surface area contributed by atoms with Crippen LogP contribution in [0, 0.1) is 36.3 Å². The zero-order chi connectivity index (χ0) is 34.9. The number of nitrogen functional groups attached to an aromatic ring is 1. The molecule has 0 amide bonds. The van der Waals surface area contributed by atoms with Crippen LogP contribution in [0.25, 0.3) is 28.1 Å². The number of carbonyl (C=O) groups excluding carboxylic acids is 1. The van der Waals surface area contributed by atoms with Crippen LogP contribution in [-0.2, 0) is 4.79 Å². The van der Waals surface area contributed by atoms with Gasteiger partial charge in [-0.2, -0.15) is 0 Å². The number of hydrogen-bond acceptors (Lipinski definition) is 9. The Hall–Kier alpha value is -5.41. The second-order valence-corrected chi connectivity index (χ2v) is 13.2. The molecule has 12 heteroatoms. The van der Waals surface area contributed by atoms with Crippen LogP contribution in [0.2, 0.25) is 0 Å². The minimum absolute atomic E-state index is 0.00556. The molecule has 5 aromatic rings. The van der Waals surface area contributed by atoms with Crippen molar-refractivity contribution in [3.63, 3.8) is 0 Å². The molecular weight excluding hydrogens is 636 g/mol. The Morgan fingerprint density at radius 2 is 1.68 bits per heavy atom. The Morgan fingerprint density at radius 1 is 0.940 bits per heavy atom. The highest BCUT2D eigenvalue weighted by Gasteiger charge is 2.32. The van der Waals surface area contributed by atoms with Crippen molar-refractivity contribution in [2.24, 2.45) is 5.92 Å². The van der Waals surface area contributed by atoms with E-state index in [-0.39, 0.29) is 23.7 Å². The van der Waals surface area contributed by atoms with Gasteiger partial charge in [-0.3, -0.25) is 9.47 Å². The highest BCUT2D eigenvalue weighted by molar-refractivity contribution is 5.78. The monoisotopic (exact) mass is 675 g/mol. The molecule has 1 aromatic carbocycles. The van der Waals surface area contributed by atoms with E-state index in [1.165, 1.54) is 12.1 Å². The second-order valence-electron chi connectivity index (χ2n) is 13.2. The van der Waals surface area contributed by atoms with Gasteiger partial charge >= 0.3 is 0 Å². The number of fused-ring (bicyclic) bond motifs is 1. The van der Waals surface area contributed by atoms with Crippen LogP contribution in [0.3, 0.4) is 0 Å². The number of nitrogens with zero attached hydrogens (tertiary/aromatic N) is 8. The molecule has 2 aliphatic rings. The number of hydrogen-bond donors (Lipinski definition) is 1. The van der Waals surface area contributed by atoms with Crippen molar-refractivity contribution in [3.05, 3.63) is 83.9 Å². The molecule has 2 fully saturated rings. The molecule has 6 heterocycles. The summed E-state index contributed by atoms with van der Waals surface area (Å²) in [6.45, 7) is 8.96. The van der Waals surface area contributed by atoms with Crippen molar-refractivity contribution >= 4 is 34.8 Å². The van der Waals surface area contributed by atoms with Crippen LogP contribution >= 0.6 is 0 Å². The van der Waals surface area contributed by atoms with Crippen molar-refractivity contribution < 1.29 is 13.6 Å². The smallest absolute Gasteiger partial charge is 0.165 e. The predicted molar refractivity (Wildman–Crippen MR) is 191 cm³/mol.